The molecular weight excluding hydrogens is 295 g/mol. The van der Waals surface area contributed by atoms with Gasteiger partial charge in [-0.2, -0.15) is 9.11 Å². The van der Waals surface area contributed by atoms with Crippen LogP contribution < -0.4 is 4.72 Å². The van der Waals surface area contributed by atoms with E-state index in [1.54, 1.807) is 6.92 Å². The number of nitrogens with one attached hydrogen (secondary N) is 1. The Labute approximate surface area is 113 Å². The molecular formula is C10H11FN2O6S. The smallest absolute Gasteiger partial charge is 0.321 e. The molecule has 0 spiro atoms. The molecule has 0 atom stereocenters. The van der Waals surface area contributed by atoms with E-state index in [0.29, 0.717) is 12.1 Å². The number of nitrogens with zero attached hydrogens (tertiary/aromatic N) is 1. The molecule has 0 saturated heterocycles. The highest BCUT2D eigenvalue weighted by Crippen LogP contribution is 2.21. The summed E-state index contributed by atoms with van der Waals surface area (Å²) in [6.07, 6.45) is 0. The highest BCUT2D eigenvalue weighted by Gasteiger charge is 2.22. The first kappa shape index (κ1) is 16.0. The van der Waals surface area contributed by atoms with Gasteiger partial charge in [0.25, 0.3) is 0 Å². The molecule has 0 bridgehead atoms. The van der Waals surface area contributed by atoms with E-state index in [4.69, 9.17) is 0 Å². The van der Waals surface area contributed by atoms with Crippen LogP contribution in [0.3, 0.4) is 0 Å². The molecule has 0 unspecified atom stereocenters. The average molecular weight is 306 g/mol. The molecule has 0 radical (unpaired) electrons. The molecule has 0 amide bonds. The van der Waals surface area contributed by atoms with Crippen molar-refractivity contribution in [3.8, 4) is 0 Å². The van der Waals surface area contributed by atoms with Gasteiger partial charge in [-0.3, -0.25) is 14.9 Å². The summed E-state index contributed by atoms with van der Waals surface area (Å²) < 4.78 is 43.0. The van der Waals surface area contributed by atoms with Crippen LogP contribution in [0.15, 0.2) is 23.1 Å². The topological polar surface area (TPSA) is 116 Å². The van der Waals surface area contributed by atoms with Gasteiger partial charge in [-0.1, -0.05) is 0 Å². The molecule has 0 saturated carbocycles. The van der Waals surface area contributed by atoms with Crippen molar-refractivity contribution in [3.63, 3.8) is 0 Å². The van der Waals surface area contributed by atoms with Crippen LogP contribution in [-0.2, 0) is 19.6 Å². The summed E-state index contributed by atoms with van der Waals surface area (Å²) >= 11 is 0. The summed E-state index contributed by atoms with van der Waals surface area (Å²) in [7, 11) is -4.17. The molecule has 110 valence electrons. The Morgan fingerprint density at radius 3 is 2.70 bits per heavy atom. The van der Waals surface area contributed by atoms with Crippen molar-refractivity contribution in [1.82, 2.24) is 4.72 Å². The average Bonchev–Trinajstić information content (AvgIpc) is 2.37. The first-order valence-electron chi connectivity index (χ1n) is 5.37. The third-order valence-corrected chi connectivity index (χ3v) is 3.54. The quantitative estimate of drug-likeness (QED) is 0.467. The Hall–Kier alpha value is -2.07. The summed E-state index contributed by atoms with van der Waals surface area (Å²) in [5, 5.41) is 10.5. The summed E-state index contributed by atoms with van der Waals surface area (Å²) in [4.78, 5) is 20.0. The lowest BCUT2D eigenvalue weighted by Gasteiger charge is -2.06. The number of halogens is 1. The zero-order valence-electron chi connectivity index (χ0n) is 10.3. The molecule has 1 rings (SSSR count). The highest BCUT2D eigenvalue weighted by atomic mass is 32.2. The van der Waals surface area contributed by atoms with Gasteiger partial charge < -0.3 is 4.74 Å². The number of nitro groups is 1. The Morgan fingerprint density at radius 1 is 1.50 bits per heavy atom. The van der Waals surface area contributed by atoms with E-state index in [1.807, 2.05) is 4.72 Å². The maximum atomic E-state index is 13.1. The van der Waals surface area contributed by atoms with Crippen molar-refractivity contribution in [2.24, 2.45) is 0 Å². The van der Waals surface area contributed by atoms with Crippen LogP contribution in [0.25, 0.3) is 0 Å². The van der Waals surface area contributed by atoms with E-state index in [9.17, 15) is 27.7 Å². The van der Waals surface area contributed by atoms with E-state index in [1.165, 1.54) is 0 Å². The number of esters is 1. The minimum Gasteiger partial charge on any atom is -0.465 e. The fourth-order valence-corrected chi connectivity index (χ4v) is 2.24. The first-order valence-corrected chi connectivity index (χ1v) is 6.85. The predicted octanol–water partition coefficient (Wildman–Crippen LogP) is 0.575. The Kier molecular flexibility index (Phi) is 5.11. The van der Waals surface area contributed by atoms with Gasteiger partial charge in [0.2, 0.25) is 15.8 Å². The second-order valence-corrected chi connectivity index (χ2v) is 5.27. The van der Waals surface area contributed by atoms with E-state index < -0.39 is 43.9 Å². The largest absolute Gasteiger partial charge is 0.465 e. The third-order valence-electron chi connectivity index (χ3n) is 2.14. The fourth-order valence-electron chi connectivity index (χ4n) is 1.25. The second kappa shape index (κ2) is 6.39. The lowest BCUT2D eigenvalue weighted by atomic mass is 10.3. The van der Waals surface area contributed by atoms with Crippen molar-refractivity contribution in [3.05, 3.63) is 34.1 Å². The molecule has 0 aliphatic rings. The summed E-state index contributed by atoms with van der Waals surface area (Å²) in [5.41, 5.74) is -0.969. The van der Waals surface area contributed by atoms with Gasteiger partial charge in [0.05, 0.1) is 16.4 Å². The maximum Gasteiger partial charge on any atom is 0.321 e. The van der Waals surface area contributed by atoms with Gasteiger partial charge in [0, 0.05) is 6.07 Å². The van der Waals surface area contributed by atoms with Crippen LogP contribution in [0.5, 0.6) is 0 Å². The molecule has 0 heterocycles. The van der Waals surface area contributed by atoms with Crippen molar-refractivity contribution in [2.75, 3.05) is 13.2 Å². The molecule has 0 fully saturated rings. The number of sulfonamides is 1. The van der Waals surface area contributed by atoms with Gasteiger partial charge in [-0.25, -0.2) is 8.42 Å². The zero-order chi connectivity index (χ0) is 15.3. The minimum atomic E-state index is -4.17. The van der Waals surface area contributed by atoms with E-state index in [0.717, 1.165) is 6.07 Å². The van der Waals surface area contributed by atoms with Crippen molar-refractivity contribution >= 4 is 21.7 Å². The normalized spacial score (nSPS) is 11.1. The number of benzene rings is 1. The zero-order valence-corrected chi connectivity index (χ0v) is 11.1. The van der Waals surface area contributed by atoms with E-state index >= 15 is 0 Å². The van der Waals surface area contributed by atoms with Crippen LogP contribution in [0.4, 0.5) is 10.1 Å². The van der Waals surface area contributed by atoms with Crippen LogP contribution >= 0.6 is 0 Å². The summed E-state index contributed by atoms with van der Waals surface area (Å²) in [6, 6.07) is 2.09. The van der Waals surface area contributed by atoms with Crippen LogP contribution in [0, 0.1) is 15.9 Å². The van der Waals surface area contributed by atoms with E-state index in [-0.39, 0.29) is 6.61 Å². The molecule has 1 N–H and O–H groups in total. The molecule has 10 heteroatoms. The standard InChI is InChI=1S/C10H11FN2O6S/c1-2-19-10(14)6-12-20(17,18)7-3-4-8(11)9(5-7)13(15)16/h3-5,12H,2,6H2,1H3. The Bertz CT molecular complexity index is 631. The summed E-state index contributed by atoms with van der Waals surface area (Å²) in [6.45, 7) is 1.01. The van der Waals surface area contributed by atoms with Gasteiger partial charge in [0.15, 0.2) is 0 Å². The number of hydrogen-bond acceptors (Lipinski definition) is 6. The lowest BCUT2D eigenvalue weighted by Crippen LogP contribution is -2.30. The maximum absolute atomic E-state index is 13.1. The number of carbonyl (C=O) groups is 1. The minimum absolute atomic E-state index is 0.0859. The van der Waals surface area contributed by atoms with Crippen LogP contribution in [0.1, 0.15) is 6.92 Å². The van der Waals surface area contributed by atoms with Gasteiger partial charge in [-0.05, 0) is 19.1 Å². The number of nitro benzene ring substituents is 1. The van der Waals surface area contributed by atoms with Gasteiger partial charge in [0.1, 0.15) is 6.54 Å². The highest BCUT2D eigenvalue weighted by molar-refractivity contribution is 7.89. The van der Waals surface area contributed by atoms with Gasteiger partial charge >= 0.3 is 11.7 Å². The molecule has 0 aliphatic heterocycles. The number of ether oxygens (including phenoxy) is 1. The number of carbonyl (C=O) groups excluding carboxylic acids is 1. The molecule has 1 aromatic carbocycles. The Morgan fingerprint density at radius 2 is 2.15 bits per heavy atom. The second-order valence-electron chi connectivity index (χ2n) is 3.50. The first-order chi connectivity index (χ1) is 9.27. The molecule has 1 aromatic rings. The van der Waals surface area contributed by atoms with Crippen molar-refractivity contribution in [2.45, 2.75) is 11.8 Å². The van der Waals surface area contributed by atoms with Crippen molar-refractivity contribution < 1.29 is 27.3 Å². The van der Waals surface area contributed by atoms with Crippen molar-refractivity contribution in [1.29, 1.82) is 0 Å². The molecule has 0 aromatic heterocycles. The molecule has 8 nitrogen and oxygen atoms in total. The monoisotopic (exact) mass is 306 g/mol. The molecule has 20 heavy (non-hydrogen) atoms. The third kappa shape index (κ3) is 3.96. The van der Waals surface area contributed by atoms with Gasteiger partial charge in [-0.15, -0.1) is 0 Å². The number of rotatable bonds is 6. The number of hydrogen-bond donors (Lipinski definition) is 1. The lowest BCUT2D eigenvalue weighted by molar-refractivity contribution is -0.387. The fraction of sp³-hybridized carbons (Fsp3) is 0.300. The van der Waals surface area contributed by atoms with Crippen LogP contribution in [0.2, 0.25) is 0 Å². The Balaban J connectivity index is 2.96. The SMILES string of the molecule is CCOC(=O)CNS(=O)(=O)c1ccc(F)c([N+](=O)[O-])c1. The summed E-state index contributed by atoms with van der Waals surface area (Å²) in [5.74, 6) is -1.95. The van der Waals surface area contributed by atoms with Crippen LogP contribution in [-0.4, -0.2) is 32.5 Å². The predicted molar refractivity (Wildman–Crippen MR) is 64.9 cm³/mol. The molecule has 0 aliphatic carbocycles. The van der Waals surface area contributed by atoms with E-state index in [2.05, 4.69) is 4.74 Å².